The van der Waals surface area contributed by atoms with Crippen molar-refractivity contribution >= 4 is 35.1 Å². The van der Waals surface area contributed by atoms with Crippen molar-refractivity contribution in [3.63, 3.8) is 0 Å². The minimum Gasteiger partial charge on any atom is -0.485 e. The van der Waals surface area contributed by atoms with E-state index in [4.69, 9.17) is 33.0 Å². The summed E-state index contributed by atoms with van der Waals surface area (Å²) in [5, 5.41) is 19.0. The van der Waals surface area contributed by atoms with Gasteiger partial charge in [0.15, 0.2) is 11.4 Å². The third-order valence-corrected chi connectivity index (χ3v) is 3.67. The van der Waals surface area contributed by atoms with Crippen molar-refractivity contribution in [3.8, 4) is 5.75 Å². The van der Waals surface area contributed by atoms with E-state index in [1.807, 2.05) is 0 Å². The lowest BCUT2D eigenvalue weighted by molar-refractivity contribution is 0.0681. The Kier molecular flexibility index (Phi) is 4.63. The van der Waals surface area contributed by atoms with E-state index in [1.165, 1.54) is 17.8 Å². The number of carboxylic acid groups (broad SMARTS) is 2. The van der Waals surface area contributed by atoms with Gasteiger partial charge in [-0.1, -0.05) is 29.3 Å². The van der Waals surface area contributed by atoms with Crippen LogP contribution in [0.1, 0.15) is 26.4 Å². The van der Waals surface area contributed by atoms with Crippen LogP contribution in [-0.2, 0) is 13.7 Å². The number of halogens is 2. The van der Waals surface area contributed by atoms with Crippen LogP contribution >= 0.6 is 23.2 Å². The number of nitrogens with zero attached hydrogens (tertiary/aromatic N) is 1. The molecule has 0 aliphatic heterocycles. The third kappa shape index (κ3) is 3.18. The maximum Gasteiger partial charge on any atom is 0.356 e. The highest BCUT2D eigenvalue weighted by atomic mass is 35.5. The van der Waals surface area contributed by atoms with Crippen molar-refractivity contribution in [3.05, 3.63) is 51.3 Å². The van der Waals surface area contributed by atoms with Crippen molar-refractivity contribution in [1.29, 1.82) is 0 Å². The number of hydrogen-bond donors (Lipinski definition) is 2. The Bertz CT molecular complexity index is 754. The van der Waals surface area contributed by atoms with E-state index in [0.29, 0.717) is 15.6 Å². The van der Waals surface area contributed by atoms with E-state index >= 15 is 0 Å². The lowest BCUT2D eigenvalue weighted by Gasteiger charge is -2.08. The molecule has 1 aromatic carbocycles. The zero-order chi connectivity index (χ0) is 16.4. The lowest BCUT2D eigenvalue weighted by Crippen LogP contribution is -2.08. The molecule has 0 saturated heterocycles. The van der Waals surface area contributed by atoms with Crippen molar-refractivity contribution in [2.45, 2.75) is 6.61 Å². The van der Waals surface area contributed by atoms with Crippen LogP contribution in [0.3, 0.4) is 0 Å². The fourth-order valence-corrected chi connectivity index (χ4v) is 2.26. The van der Waals surface area contributed by atoms with Crippen molar-refractivity contribution < 1.29 is 24.5 Å². The Labute approximate surface area is 135 Å². The average molecular weight is 344 g/mol. The lowest BCUT2D eigenvalue weighted by atomic mass is 10.2. The Morgan fingerprint density at radius 2 is 1.86 bits per heavy atom. The van der Waals surface area contributed by atoms with E-state index in [1.54, 1.807) is 18.2 Å². The fourth-order valence-electron chi connectivity index (χ4n) is 1.94. The first-order chi connectivity index (χ1) is 10.3. The summed E-state index contributed by atoms with van der Waals surface area (Å²) in [6.07, 6.45) is 1.19. The first kappa shape index (κ1) is 16.2. The number of carbonyl (C=O) groups is 2. The molecular weight excluding hydrogens is 333 g/mol. The zero-order valence-electron chi connectivity index (χ0n) is 11.3. The number of aromatic carboxylic acids is 2. The van der Waals surface area contributed by atoms with Gasteiger partial charge in [0, 0.05) is 13.2 Å². The first-order valence-corrected chi connectivity index (χ1v) is 6.79. The molecule has 1 aromatic heterocycles. The predicted octanol–water partition coefficient (Wildman–Crippen LogP) is 3.31. The topological polar surface area (TPSA) is 88.8 Å². The number of carboxylic acids is 2. The second-order valence-electron chi connectivity index (χ2n) is 4.48. The Morgan fingerprint density at radius 1 is 1.18 bits per heavy atom. The van der Waals surface area contributed by atoms with E-state index in [-0.39, 0.29) is 23.6 Å². The molecule has 0 amide bonds. The molecule has 6 nitrogen and oxygen atoms in total. The number of aromatic nitrogens is 1. The van der Waals surface area contributed by atoms with Gasteiger partial charge in [0.25, 0.3) is 0 Å². The molecule has 0 aliphatic carbocycles. The van der Waals surface area contributed by atoms with Crippen molar-refractivity contribution in [2.75, 3.05) is 0 Å². The van der Waals surface area contributed by atoms with E-state index < -0.39 is 11.9 Å². The molecule has 0 radical (unpaired) electrons. The maximum absolute atomic E-state index is 11.3. The second-order valence-corrected chi connectivity index (χ2v) is 5.29. The van der Waals surface area contributed by atoms with Crippen molar-refractivity contribution in [2.24, 2.45) is 7.05 Å². The SMILES string of the molecule is Cn1cc(C(=O)O)c(OCc2ccc(Cl)c(Cl)c2)c1C(=O)O. The van der Waals surface area contributed by atoms with Gasteiger partial charge in [-0.05, 0) is 17.7 Å². The maximum atomic E-state index is 11.3. The van der Waals surface area contributed by atoms with E-state index in [9.17, 15) is 14.7 Å². The first-order valence-electron chi connectivity index (χ1n) is 6.04. The standard InChI is InChI=1S/C14H11Cl2NO5/c1-17-5-8(13(18)19)12(11(17)14(20)21)22-6-7-2-3-9(15)10(16)4-7/h2-5H,6H2,1H3,(H,18,19)(H,20,21). The van der Waals surface area contributed by atoms with Crippen LogP contribution in [-0.4, -0.2) is 26.7 Å². The molecule has 1 heterocycles. The van der Waals surface area contributed by atoms with Gasteiger partial charge in [-0.2, -0.15) is 0 Å². The molecular formula is C14H11Cl2NO5. The number of rotatable bonds is 5. The molecule has 2 rings (SSSR count). The highest BCUT2D eigenvalue weighted by Crippen LogP contribution is 2.28. The summed E-state index contributed by atoms with van der Waals surface area (Å²) in [7, 11) is 1.43. The predicted molar refractivity (Wildman–Crippen MR) is 80.1 cm³/mol. The van der Waals surface area contributed by atoms with Crippen LogP contribution in [0.15, 0.2) is 24.4 Å². The van der Waals surface area contributed by atoms with Gasteiger partial charge in [0.1, 0.15) is 12.2 Å². The van der Waals surface area contributed by atoms with Crippen LogP contribution < -0.4 is 4.74 Å². The molecule has 0 unspecified atom stereocenters. The summed E-state index contributed by atoms with van der Waals surface area (Å²) in [6.45, 7) is -0.0402. The number of aryl methyl sites for hydroxylation is 1. The Balaban J connectivity index is 2.33. The smallest absolute Gasteiger partial charge is 0.356 e. The summed E-state index contributed by atoms with van der Waals surface area (Å²) in [5.74, 6) is -2.75. The minimum absolute atomic E-state index is 0.0402. The second kappa shape index (κ2) is 6.29. The summed E-state index contributed by atoms with van der Waals surface area (Å²) in [5.41, 5.74) is 0.170. The third-order valence-electron chi connectivity index (χ3n) is 2.94. The summed E-state index contributed by atoms with van der Waals surface area (Å²) < 4.78 is 6.60. The van der Waals surface area contributed by atoms with Crippen LogP contribution in [0.25, 0.3) is 0 Å². The Hall–Kier alpha value is -2.18. The summed E-state index contributed by atoms with van der Waals surface area (Å²) in [4.78, 5) is 22.5. The van der Waals surface area contributed by atoms with Crippen molar-refractivity contribution in [1.82, 2.24) is 4.57 Å². The van der Waals surface area contributed by atoms with Crippen LogP contribution in [0.4, 0.5) is 0 Å². The van der Waals surface area contributed by atoms with Crippen LogP contribution in [0.2, 0.25) is 10.0 Å². The zero-order valence-corrected chi connectivity index (χ0v) is 12.9. The fraction of sp³-hybridized carbons (Fsp3) is 0.143. The highest BCUT2D eigenvalue weighted by molar-refractivity contribution is 6.42. The molecule has 2 aromatic rings. The quantitative estimate of drug-likeness (QED) is 0.869. The van der Waals surface area contributed by atoms with Gasteiger partial charge in [0.05, 0.1) is 10.0 Å². The van der Waals surface area contributed by atoms with Gasteiger partial charge in [-0.3, -0.25) is 0 Å². The van der Waals surface area contributed by atoms with Gasteiger partial charge in [-0.25, -0.2) is 9.59 Å². The minimum atomic E-state index is -1.28. The molecule has 2 N–H and O–H groups in total. The molecule has 0 spiro atoms. The van der Waals surface area contributed by atoms with Gasteiger partial charge in [-0.15, -0.1) is 0 Å². The Morgan fingerprint density at radius 3 is 2.41 bits per heavy atom. The number of ether oxygens (including phenoxy) is 1. The van der Waals surface area contributed by atoms with Gasteiger partial charge < -0.3 is 19.5 Å². The average Bonchev–Trinajstić information content (AvgIpc) is 2.77. The summed E-state index contributed by atoms with van der Waals surface area (Å²) >= 11 is 11.7. The summed E-state index contributed by atoms with van der Waals surface area (Å²) in [6, 6.07) is 4.79. The van der Waals surface area contributed by atoms with Gasteiger partial charge >= 0.3 is 11.9 Å². The molecule has 0 atom stereocenters. The van der Waals surface area contributed by atoms with Crippen LogP contribution in [0, 0.1) is 0 Å². The molecule has 22 heavy (non-hydrogen) atoms. The normalized spacial score (nSPS) is 10.5. The monoisotopic (exact) mass is 343 g/mol. The molecule has 0 bridgehead atoms. The van der Waals surface area contributed by atoms with Gasteiger partial charge in [0.2, 0.25) is 0 Å². The number of benzene rings is 1. The largest absolute Gasteiger partial charge is 0.485 e. The molecule has 0 aliphatic rings. The van der Waals surface area contributed by atoms with Crippen LogP contribution in [0.5, 0.6) is 5.75 Å². The van der Waals surface area contributed by atoms with E-state index in [0.717, 1.165) is 0 Å². The van der Waals surface area contributed by atoms with E-state index in [2.05, 4.69) is 0 Å². The highest BCUT2D eigenvalue weighted by Gasteiger charge is 2.25. The molecule has 8 heteroatoms. The molecule has 0 saturated carbocycles. The number of hydrogen-bond acceptors (Lipinski definition) is 3. The molecule has 116 valence electrons. The molecule has 0 fully saturated rings.